The summed E-state index contributed by atoms with van der Waals surface area (Å²) in [7, 11) is -3.73. The van der Waals surface area contributed by atoms with Crippen molar-refractivity contribution in [1.29, 1.82) is 0 Å². The van der Waals surface area contributed by atoms with Gasteiger partial charge in [0.1, 0.15) is 0 Å². The number of nitrogens with zero attached hydrogens (tertiary/aromatic N) is 1. The van der Waals surface area contributed by atoms with Crippen LogP contribution < -0.4 is 5.32 Å². The molecule has 2 aromatic carbocycles. The molecule has 0 atom stereocenters. The minimum Gasteiger partial charge on any atom is -0.450 e. The maximum absolute atomic E-state index is 13.9. The predicted molar refractivity (Wildman–Crippen MR) is 116 cm³/mol. The summed E-state index contributed by atoms with van der Waals surface area (Å²) >= 11 is 0. The van der Waals surface area contributed by atoms with Crippen LogP contribution >= 0.6 is 0 Å². The Morgan fingerprint density at radius 2 is 1.88 bits per heavy atom. The number of hydrogen-bond donors (Lipinski definition) is 1. The molecule has 174 valence electrons. The normalized spacial score (nSPS) is 14.8. The van der Waals surface area contributed by atoms with Crippen molar-refractivity contribution >= 4 is 38.6 Å². The first-order chi connectivity index (χ1) is 15.8. The maximum atomic E-state index is 13.9. The minimum atomic E-state index is -3.73. The molecule has 1 saturated heterocycles. The lowest BCUT2D eigenvalue weighted by Crippen LogP contribution is -2.40. The molecule has 33 heavy (non-hydrogen) atoms. The first-order valence-corrected chi connectivity index (χ1v) is 11.5. The number of nitrogens with one attached hydrogen (secondary N) is 1. The van der Waals surface area contributed by atoms with Crippen LogP contribution in [0.1, 0.15) is 16.1 Å². The van der Waals surface area contributed by atoms with Gasteiger partial charge in [0, 0.05) is 29.7 Å². The highest BCUT2D eigenvalue weighted by Crippen LogP contribution is 2.27. The topological polar surface area (TPSA) is 115 Å². The van der Waals surface area contributed by atoms with Crippen LogP contribution in [-0.4, -0.2) is 57.5 Å². The number of para-hydroxylation sites is 1. The monoisotopic (exact) mass is 476 g/mol. The van der Waals surface area contributed by atoms with Gasteiger partial charge in [-0.05, 0) is 31.2 Å². The smallest absolute Gasteiger partial charge is 0.375 e. The van der Waals surface area contributed by atoms with Crippen molar-refractivity contribution in [1.82, 2.24) is 4.31 Å². The number of hydrogen-bond acceptors (Lipinski definition) is 7. The number of furan rings is 1. The van der Waals surface area contributed by atoms with Crippen molar-refractivity contribution in [3.05, 3.63) is 59.6 Å². The van der Waals surface area contributed by atoms with Gasteiger partial charge in [-0.3, -0.25) is 4.79 Å². The van der Waals surface area contributed by atoms with Gasteiger partial charge in [0.2, 0.25) is 15.8 Å². The number of benzene rings is 2. The highest BCUT2D eigenvalue weighted by Gasteiger charge is 2.27. The number of rotatable bonds is 6. The van der Waals surface area contributed by atoms with Crippen molar-refractivity contribution in [2.24, 2.45) is 0 Å². The second kappa shape index (κ2) is 9.30. The molecule has 4 rings (SSSR count). The number of carbonyl (C=O) groups excluding carboxylic acids is 2. The third-order valence-corrected chi connectivity index (χ3v) is 7.06. The van der Waals surface area contributed by atoms with Gasteiger partial charge >= 0.3 is 5.97 Å². The molecular weight excluding hydrogens is 455 g/mol. The lowest BCUT2D eigenvalue weighted by molar-refractivity contribution is -0.119. The number of halogens is 1. The van der Waals surface area contributed by atoms with E-state index < -0.39 is 34.3 Å². The standard InChI is InChI=1S/C22H21FN2O7S/c1-14-17-6-3-7-18(23)21(17)32-20(14)22(27)31-13-19(26)24-15-4-2-5-16(12-15)33(28,29)25-8-10-30-11-9-25/h2-7,12H,8-11,13H2,1H3,(H,24,26). The highest BCUT2D eigenvalue weighted by molar-refractivity contribution is 7.89. The largest absolute Gasteiger partial charge is 0.450 e. The molecule has 3 aromatic rings. The average Bonchev–Trinajstić information content (AvgIpc) is 3.16. The Kier molecular flexibility index (Phi) is 6.45. The molecular formula is C22H21FN2O7S. The summed E-state index contributed by atoms with van der Waals surface area (Å²) in [5, 5.41) is 2.93. The molecule has 2 heterocycles. The number of carbonyl (C=O) groups is 2. The zero-order valence-electron chi connectivity index (χ0n) is 17.7. The van der Waals surface area contributed by atoms with E-state index in [1.165, 1.54) is 40.7 Å². The number of amides is 1. The third-order valence-electron chi connectivity index (χ3n) is 5.16. The Morgan fingerprint density at radius 3 is 2.61 bits per heavy atom. The molecule has 1 aliphatic heterocycles. The Bertz CT molecular complexity index is 1310. The van der Waals surface area contributed by atoms with Crippen LogP contribution in [0.15, 0.2) is 51.8 Å². The SMILES string of the molecule is Cc1c(C(=O)OCC(=O)Nc2cccc(S(=O)(=O)N3CCOCC3)c2)oc2c(F)cccc12. The summed E-state index contributed by atoms with van der Waals surface area (Å²) in [6.07, 6.45) is 0. The molecule has 0 aliphatic carbocycles. The molecule has 9 nitrogen and oxygen atoms in total. The van der Waals surface area contributed by atoms with Gasteiger partial charge in [0.15, 0.2) is 18.0 Å². The second-order valence-electron chi connectivity index (χ2n) is 7.34. The Balaban J connectivity index is 1.40. The number of sulfonamides is 1. The molecule has 1 N–H and O–H groups in total. The summed E-state index contributed by atoms with van der Waals surface area (Å²) in [6, 6.07) is 10.1. The van der Waals surface area contributed by atoms with E-state index in [0.29, 0.717) is 24.2 Å². The highest BCUT2D eigenvalue weighted by atomic mass is 32.2. The van der Waals surface area contributed by atoms with Crippen molar-refractivity contribution in [2.75, 3.05) is 38.2 Å². The number of ether oxygens (including phenoxy) is 2. The van der Waals surface area contributed by atoms with Crippen LogP contribution in [0.2, 0.25) is 0 Å². The number of aryl methyl sites for hydroxylation is 1. The first-order valence-electron chi connectivity index (χ1n) is 10.1. The lowest BCUT2D eigenvalue weighted by Gasteiger charge is -2.26. The number of esters is 1. The van der Waals surface area contributed by atoms with E-state index in [9.17, 15) is 22.4 Å². The van der Waals surface area contributed by atoms with Gasteiger partial charge in [-0.25, -0.2) is 17.6 Å². The first kappa shape index (κ1) is 22.9. The van der Waals surface area contributed by atoms with Crippen LogP contribution in [0.4, 0.5) is 10.1 Å². The molecule has 0 saturated carbocycles. The number of fused-ring (bicyclic) bond motifs is 1. The Morgan fingerprint density at radius 1 is 1.15 bits per heavy atom. The van der Waals surface area contributed by atoms with Crippen molar-refractivity contribution < 1.29 is 36.3 Å². The molecule has 11 heteroatoms. The molecule has 0 radical (unpaired) electrons. The van der Waals surface area contributed by atoms with Crippen LogP contribution in [0.25, 0.3) is 11.0 Å². The Hall–Kier alpha value is -3.28. The summed E-state index contributed by atoms with van der Waals surface area (Å²) < 4.78 is 56.2. The second-order valence-corrected chi connectivity index (χ2v) is 9.28. The molecule has 0 bridgehead atoms. The number of anilines is 1. The van der Waals surface area contributed by atoms with E-state index >= 15 is 0 Å². The van der Waals surface area contributed by atoms with E-state index in [0.717, 1.165) is 0 Å². The fourth-order valence-corrected chi connectivity index (χ4v) is 4.92. The maximum Gasteiger partial charge on any atom is 0.375 e. The van der Waals surface area contributed by atoms with Gasteiger partial charge in [-0.15, -0.1) is 0 Å². The van der Waals surface area contributed by atoms with Gasteiger partial charge in [0.25, 0.3) is 5.91 Å². The number of morpholine rings is 1. The van der Waals surface area contributed by atoms with Crippen LogP contribution in [-0.2, 0) is 24.3 Å². The van der Waals surface area contributed by atoms with E-state index in [-0.39, 0.29) is 35.0 Å². The third kappa shape index (κ3) is 4.75. The Labute approximate surface area is 189 Å². The fraction of sp³-hybridized carbons (Fsp3) is 0.273. The van der Waals surface area contributed by atoms with Crippen LogP contribution in [0.5, 0.6) is 0 Å². The fourth-order valence-electron chi connectivity index (χ4n) is 3.47. The van der Waals surface area contributed by atoms with Crippen LogP contribution in [0.3, 0.4) is 0 Å². The zero-order valence-corrected chi connectivity index (χ0v) is 18.5. The van der Waals surface area contributed by atoms with Crippen molar-refractivity contribution in [3.8, 4) is 0 Å². The minimum absolute atomic E-state index is 0.0270. The molecule has 0 spiro atoms. The lowest BCUT2D eigenvalue weighted by atomic mass is 10.1. The van der Waals surface area contributed by atoms with Gasteiger partial charge in [-0.1, -0.05) is 18.2 Å². The summed E-state index contributed by atoms with van der Waals surface area (Å²) in [5.41, 5.74) is 0.563. The molecule has 1 amide bonds. The molecule has 0 unspecified atom stereocenters. The predicted octanol–water partition coefficient (Wildman–Crippen LogP) is 2.70. The van der Waals surface area contributed by atoms with Crippen molar-refractivity contribution in [3.63, 3.8) is 0 Å². The molecule has 1 aliphatic rings. The summed E-state index contributed by atoms with van der Waals surface area (Å²) in [5.74, 6) is -2.40. The zero-order chi connectivity index (χ0) is 23.6. The quantitative estimate of drug-likeness (QED) is 0.544. The molecule has 1 fully saturated rings. The van der Waals surface area contributed by atoms with Crippen LogP contribution in [0, 0.1) is 12.7 Å². The van der Waals surface area contributed by atoms with Gasteiger partial charge < -0.3 is 19.2 Å². The van der Waals surface area contributed by atoms with Gasteiger partial charge in [-0.2, -0.15) is 4.31 Å². The average molecular weight is 476 g/mol. The summed E-state index contributed by atoms with van der Waals surface area (Å²) in [4.78, 5) is 24.6. The van der Waals surface area contributed by atoms with Crippen molar-refractivity contribution in [2.45, 2.75) is 11.8 Å². The van der Waals surface area contributed by atoms with E-state index in [1.54, 1.807) is 13.0 Å². The van der Waals surface area contributed by atoms with Gasteiger partial charge in [0.05, 0.1) is 18.1 Å². The van der Waals surface area contributed by atoms with E-state index in [2.05, 4.69) is 5.32 Å². The summed E-state index contributed by atoms with van der Waals surface area (Å²) in [6.45, 7) is 2.08. The molecule has 1 aromatic heterocycles. The van der Waals surface area contributed by atoms with E-state index in [1.807, 2.05) is 0 Å². The van der Waals surface area contributed by atoms with E-state index in [4.69, 9.17) is 13.9 Å².